The first-order valence-electron chi connectivity index (χ1n) is 8.97. The van der Waals surface area contributed by atoms with Crippen LogP contribution < -0.4 is 9.47 Å². The van der Waals surface area contributed by atoms with Crippen LogP contribution in [0.25, 0.3) is 10.8 Å². The summed E-state index contributed by atoms with van der Waals surface area (Å²) in [7, 11) is 0. The van der Waals surface area contributed by atoms with Gasteiger partial charge in [-0.15, -0.1) is 0 Å². The maximum atomic E-state index is 10.8. The van der Waals surface area contributed by atoms with Crippen molar-refractivity contribution in [1.29, 1.82) is 0 Å². The highest BCUT2D eigenvalue weighted by Crippen LogP contribution is 2.28. The van der Waals surface area contributed by atoms with Gasteiger partial charge in [-0.3, -0.25) is 0 Å². The van der Waals surface area contributed by atoms with Gasteiger partial charge in [-0.25, -0.2) is 4.79 Å². The number of ether oxygens (including phenoxy) is 5. The van der Waals surface area contributed by atoms with Crippen LogP contribution in [-0.4, -0.2) is 52.2 Å². The number of rotatable bonds is 13. The Balaban J connectivity index is 1.63. The van der Waals surface area contributed by atoms with E-state index in [2.05, 4.69) is 6.58 Å². The first kappa shape index (κ1) is 20.7. The Hall–Kier alpha value is -2.57. The fraction of sp³-hybridized carbons (Fsp3) is 0.381. The SMILES string of the molecule is C=CC(=O)OCCOCCOCCOc1cccc2cc(OCC)ccc12. The standard InChI is InChI=1S/C21H26O6/c1-3-21(22)27-15-13-24-11-10-23-12-14-26-20-7-5-6-17-16-18(25-4-2)8-9-19(17)20/h3,5-9,16H,1,4,10-15H2,2H3. The minimum Gasteiger partial charge on any atom is -0.494 e. The van der Waals surface area contributed by atoms with E-state index in [-0.39, 0.29) is 6.61 Å². The van der Waals surface area contributed by atoms with E-state index in [0.29, 0.717) is 39.6 Å². The predicted molar refractivity (Wildman–Crippen MR) is 103 cm³/mol. The lowest BCUT2D eigenvalue weighted by Crippen LogP contribution is -2.13. The van der Waals surface area contributed by atoms with Crippen molar-refractivity contribution in [1.82, 2.24) is 0 Å². The van der Waals surface area contributed by atoms with Crippen LogP contribution in [-0.2, 0) is 19.0 Å². The molecule has 0 bridgehead atoms. The van der Waals surface area contributed by atoms with Crippen molar-refractivity contribution in [2.75, 3.05) is 46.2 Å². The monoisotopic (exact) mass is 374 g/mol. The second-order valence-electron chi connectivity index (χ2n) is 5.52. The first-order valence-corrected chi connectivity index (χ1v) is 8.97. The Morgan fingerprint density at radius 3 is 2.44 bits per heavy atom. The van der Waals surface area contributed by atoms with Crippen molar-refractivity contribution in [3.05, 3.63) is 49.1 Å². The van der Waals surface area contributed by atoms with Gasteiger partial charge in [0.25, 0.3) is 0 Å². The maximum Gasteiger partial charge on any atom is 0.330 e. The highest BCUT2D eigenvalue weighted by atomic mass is 16.6. The van der Waals surface area contributed by atoms with E-state index in [1.54, 1.807) is 0 Å². The molecule has 0 saturated heterocycles. The highest BCUT2D eigenvalue weighted by Gasteiger charge is 2.04. The molecule has 0 aromatic heterocycles. The van der Waals surface area contributed by atoms with Crippen molar-refractivity contribution in [2.24, 2.45) is 0 Å². The molecule has 6 heteroatoms. The van der Waals surface area contributed by atoms with Crippen LogP contribution in [0.5, 0.6) is 11.5 Å². The molecule has 0 saturated carbocycles. The van der Waals surface area contributed by atoms with Crippen LogP contribution in [0.3, 0.4) is 0 Å². The van der Waals surface area contributed by atoms with E-state index in [0.717, 1.165) is 28.3 Å². The predicted octanol–water partition coefficient (Wildman–Crippen LogP) is 3.38. The third-order valence-electron chi connectivity index (χ3n) is 3.62. The summed E-state index contributed by atoms with van der Waals surface area (Å²) in [6, 6.07) is 11.9. The molecule has 0 fully saturated rings. The van der Waals surface area contributed by atoms with Crippen molar-refractivity contribution in [3.8, 4) is 11.5 Å². The molecule has 0 aliphatic heterocycles. The van der Waals surface area contributed by atoms with Crippen LogP contribution in [0.4, 0.5) is 0 Å². The Morgan fingerprint density at radius 2 is 1.70 bits per heavy atom. The Kier molecular flexibility index (Phi) is 9.17. The molecule has 2 aromatic carbocycles. The minimum atomic E-state index is -0.449. The van der Waals surface area contributed by atoms with Gasteiger partial charge in [-0.2, -0.15) is 0 Å². The van der Waals surface area contributed by atoms with E-state index >= 15 is 0 Å². The zero-order valence-electron chi connectivity index (χ0n) is 15.6. The molecule has 0 N–H and O–H groups in total. The van der Waals surface area contributed by atoms with Gasteiger partial charge in [0.2, 0.25) is 0 Å². The molecule has 0 atom stereocenters. The number of carbonyl (C=O) groups is 1. The summed E-state index contributed by atoms with van der Waals surface area (Å²) in [5, 5.41) is 2.11. The molecule has 146 valence electrons. The third kappa shape index (κ3) is 7.29. The smallest absolute Gasteiger partial charge is 0.330 e. The molecule has 0 radical (unpaired) electrons. The lowest BCUT2D eigenvalue weighted by atomic mass is 10.1. The van der Waals surface area contributed by atoms with E-state index in [1.165, 1.54) is 0 Å². The van der Waals surface area contributed by atoms with Gasteiger partial charge >= 0.3 is 5.97 Å². The van der Waals surface area contributed by atoms with Crippen molar-refractivity contribution >= 4 is 16.7 Å². The number of benzene rings is 2. The maximum absolute atomic E-state index is 10.8. The van der Waals surface area contributed by atoms with Crippen molar-refractivity contribution in [2.45, 2.75) is 6.92 Å². The van der Waals surface area contributed by atoms with E-state index < -0.39 is 5.97 Å². The van der Waals surface area contributed by atoms with Crippen LogP contribution in [0.15, 0.2) is 49.1 Å². The number of esters is 1. The Morgan fingerprint density at radius 1 is 0.963 bits per heavy atom. The summed E-state index contributed by atoms with van der Waals surface area (Å²) in [6.45, 7) is 8.25. The molecule has 0 heterocycles. The normalized spacial score (nSPS) is 10.6. The summed E-state index contributed by atoms with van der Waals surface area (Å²) in [5.41, 5.74) is 0. The van der Waals surface area contributed by atoms with Gasteiger partial charge in [0.15, 0.2) is 0 Å². The molecule has 2 aromatic rings. The summed E-state index contributed by atoms with van der Waals surface area (Å²) >= 11 is 0. The molecule has 27 heavy (non-hydrogen) atoms. The van der Waals surface area contributed by atoms with Crippen LogP contribution >= 0.6 is 0 Å². The van der Waals surface area contributed by atoms with Gasteiger partial charge in [0, 0.05) is 11.5 Å². The van der Waals surface area contributed by atoms with E-state index in [1.807, 2.05) is 43.3 Å². The average molecular weight is 374 g/mol. The second kappa shape index (κ2) is 11.9. The summed E-state index contributed by atoms with van der Waals surface area (Å²) in [5.74, 6) is 1.22. The van der Waals surface area contributed by atoms with Gasteiger partial charge in [-0.1, -0.05) is 18.7 Å². The van der Waals surface area contributed by atoms with Gasteiger partial charge < -0.3 is 23.7 Å². The Labute approximate surface area is 159 Å². The topological polar surface area (TPSA) is 63.2 Å². The average Bonchev–Trinajstić information content (AvgIpc) is 2.69. The lowest BCUT2D eigenvalue weighted by Gasteiger charge is -2.11. The minimum absolute atomic E-state index is 0.208. The summed E-state index contributed by atoms with van der Waals surface area (Å²) in [4.78, 5) is 10.8. The van der Waals surface area contributed by atoms with Gasteiger partial charge in [0.1, 0.15) is 24.7 Å². The molecule has 0 aliphatic rings. The Bertz CT molecular complexity index is 728. The van der Waals surface area contributed by atoms with Crippen LogP contribution in [0.2, 0.25) is 0 Å². The summed E-state index contributed by atoms with van der Waals surface area (Å²) < 4.78 is 26.9. The molecule has 0 amide bonds. The molecule has 0 spiro atoms. The van der Waals surface area contributed by atoms with Gasteiger partial charge in [0.05, 0.1) is 33.0 Å². The zero-order chi connectivity index (χ0) is 19.3. The highest BCUT2D eigenvalue weighted by molar-refractivity contribution is 5.89. The molecule has 0 aliphatic carbocycles. The van der Waals surface area contributed by atoms with E-state index in [4.69, 9.17) is 23.7 Å². The number of hydrogen-bond donors (Lipinski definition) is 0. The van der Waals surface area contributed by atoms with Crippen LogP contribution in [0, 0.1) is 0 Å². The number of carbonyl (C=O) groups excluding carboxylic acids is 1. The summed E-state index contributed by atoms with van der Waals surface area (Å²) in [6.07, 6.45) is 1.12. The molecule has 6 nitrogen and oxygen atoms in total. The largest absolute Gasteiger partial charge is 0.494 e. The second-order valence-corrected chi connectivity index (χ2v) is 5.52. The lowest BCUT2D eigenvalue weighted by molar-refractivity contribution is -0.139. The van der Waals surface area contributed by atoms with Crippen molar-refractivity contribution in [3.63, 3.8) is 0 Å². The van der Waals surface area contributed by atoms with Crippen LogP contribution in [0.1, 0.15) is 6.92 Å². The zero-order valence-corrected chi connectivity index (χ0v) is 15.6. The first-order chi connectivity index (χ1) is 13.2. The van der Waals surface area contributed by atoms with Gasteiger partial charge in [-0.05, 0) is 36.6 Å². The molecular formula is C21H26O6. The fourth-order valence-electron chi connectivity index (χ4n) is 2.41. The molecule has 2 rings (SSSR count). The van der Waals surface area contributed by atoms with E-state index in [9.17, 15) is 4.79 Å². The number of fused-ring (bicyclic) bond motifs is 1. The molecular weight excluding hydrogens is 348 g/mol. The molecule has 0 unspecified atom stereocenters. The number of hydrogen-bond acceptors (Lipinski definition) is 6. The quantitative estimate of drug-likeness (QED) is 0.304. The fourth-order valence-corrected chi connectivity index (χ4v) is 2.41. The third-order valence-corrected chi connectivity index (χ3v) is 3.62. The van der Waals surface area contributed by atoms with Crippen molar-refractivity contribution < 1.29 is 28.5 Å².